The van der Waals surface area contributed by atoms with Crippen molar-refractivity contribution in [3.05, 3.63) is 101 Å². The smallest absolute Gasteiger partial charge is 0.335 e. The van der Waals surface area contributed by atoms with Crippen LogP contribution in [0.4, 0.5) is 5.69 Å². The zero-order chi connectivity index (χ0) is 22.8. The summed E-state index contributed by atoms with van der Waals surface area (Å²) < 4.78 is 5.20. The number of nitrogens with zero attached hydrogens (tertiary/aromatic N) is 1. The third-order valence-corrected chi connectivity index (χ3v) is 5.32. The third kappa shape index (κ3) is 3.60. The number of Topliss-reactive ketones (excluding diaryl/α,β-unsaturated/α-hetero) is 1. The third-order valence-electron chi connectivity index (χ3n) is 5.32. The second-order valence-corrected chi connectivity index (χ2v) is 7.16. The molecule has 0 aliphatic carbocycles. The lowest BCUT2D eigenvalue weighted by Gasteiger charge is -2.25. The number of aromatic carboxylic acids is 1. The number of ether oxygens (including phenoxy) is 1. The topological polar surface area (TPSA) is 104 Å². The van der Waals surface area contributed by atoms with Crippen LogP contribution in [0.1, 0.15) is 27.5 Å². The number of carbonyl (C=O) groups is 3. The van der Waals surface area contributed by atoms with Crippen LogP contribution in [0.2, 0.25) is 0 Å². The Kier molecular flexibility index (Phi) is 5.47. The van der Waals surface area contributed by atoms with Gasteiger partial charge in [-0.15, -0.1) is 0 Å². The van der Waals surface area contributed by atoms with Crippen molar-refractivity contribution in [2.75, 3.05) is 12.0 Å². The van der Waals surface area contributed by atoms with Crippen LogP contribution >= 0.6 is 0 Å². The molecule has 1 aliphatic rings. The maximum Gasteiger partial charge on any atom is 0.335 e. The number of aliphatic hydroxyl groups is 1. The molecule has 1 fully saturated rings. The summed E-state index contributed by atoms with van der Waals surface area (Å²) in [5, 5.41) is 20.2. The molecule has 1 saturated heterocycles. The van der Waals surface area contributed by atoms with Gasteiger partial charge in [-0.3, -0.25) is 14.5 Å². The average molecular weight is 429 g/mol. The van der Waals surface area contributed by atoms with Gasteiger partial charge in [0.1, 0.15) is 11.5 Å². The van der Waals surface area contributed by atoms with Gasteiger partial charge in [-0.25, -0.2) is 4.79 Å². The first kappa shape index (κ1) is 20.9. The van der Waals surface area contributed by atoms with E-state index in [0.29, 0.717) is 22.6 Å². The molecule has 0 bridgehead atoms. The summed E-state index contributed by atoms with van der Waals surface area (Å²) in [6.07, 6.45) is 0. The van der Waals surface area contributed by atoms with Gasteiger partial charge in [0.05, 0.1) is 24.3 Å². The van der Waals surface area contributed by atoms with Gasteiger partial charge in [-0.05, 0) is 42.0 Å². The molecule has 32 heavy (non-hydrogen) atoms. The van der Waals surface area contributed by atoms with Crippen LogP contribution in [0.25, 0.3) is 5.76 Å². The minimum Gasteiger partial charge on any atom is -0.507 e. The van der Waals surface area contributed by atoms with Crippen LogP contribution in [0.5, 0.6) is 5.75 Å². The summed E-state index contributed by atoms with van der Waals surface area (Å²) in [5.41, 5.74) is 1.34. The van der Waals surface area contributed by atoms with Crippen LogP contribution in [-0.2, 0) is 9.59 Å². The number of benzene rings is 3. The number of carbonyl (C=O) groups excluding carboxylic acids is 2. The van der Waals surface area contributed by atoms with E-state index in [9.17, 15) is 19.5 Å². The second-order valence-electron chi connectivity index (χ2n) is 7.16. The molecule has 160 valence electrons. The fourth-order valence-corrected chi connectivity index (χ4v) is 3.72. The molecule has 7 nitrogen and oxygen atoms in total. The summed E-state index contributed by atoms with van der Waals surface area (Å²) in [6.45, 7) is 0. The second kappa shape index (κ2) is 8.39. The molecule has 3 aromatic carbocycles. The maximum atomic E-state index is 13.1. The molecule has 1 heterocycles. The molecular weight excluding hydrogens is 410 g/mol. The molecule has 1 amide bonds. The Balaban J connectivity index is 1.90. The number of hydrogen-bond acceptors (Lipinski definition) is 5. The molecular formula is C25H19NO6. The Bertz CT molecular complexity index is 1210. The highest BCUT2D eigenvalue weighted by atomic mass is 16.5. The first-order valence-electron chi connectivity index (χ1n) is 9.76. The zero-order valence-corrected chi connectivity index (χ0v) is 17.1. The number of rotatable bonds is 5. The highest BCUT2D eigenvalue weighted by Crippen LogP contribution is 2.42. The molecule has 2 N–H and O–H groups in total. The summed E-state index contributed by atoms with van der Waals surface area (Å²) >= 11 is 0. The van der Waals surface area contributed by atoms with Crippen molar-refractivity contribution in [3.8, 4) is 5.75 Å². The van der Waals surface area contributed by atoms with Gasteiger partial charge in [-0.1, -0.05) is 42.5 Å². The lowest BCUT2D eigenvalue weighted by molar-refractivity contribution is -0.132. The van der Waals surface area contributed by atoms with E-state index in [1.54, 1.807) is 54.6 Å². The number of anilines is 1. The van der Waals surface area contributed by atoms with Crippen molar-refractivity contribution >= 4 is 29.1 Å². The number of ketones is 1. The minimum atomic E-state index is -1.10. The molecule has 1 atom stereocenters. The van der Waals surface area contributed by atoms with Gasteiger partial charge in [0, 0.05) is 11.3 Å². The highest BCUT2D eigenvalue weighted by molar-refractivity contribution is 6.51. The van der Waals surface area contributed by atoms with E-state index in [1.807, 2.05) is 0 Å². The zero-order valence-electron chi connectivity index (χ0n) is 17.1. The molecule has 0 spiro atoms. The van der Waals surface area contributed by atoms with E-state index in [2.05, 4.69) is 0 Å². The lowest BCUT2D eigenvalue weighted by Crippen LogP contribution is -2.29. The van der Waals surface area contributed by atoms with Crippen LogP contribution < -0.4 is 9.64 Å². The van der Waals surface area contributed by atoms with Gasteiger partial charge in [0.25, 0.3) is 11.7 Å². The predicted octanol–water partition coefficient (Wildman–Crippen LogP) is 4.02. The summed E-state index contributed by atoms with van der Waals surface area (Å²) in [5.74, 6) is -2.43. The maximum absolute atomic E-state index is 13.1. The largest absolute Gasteiger partial charge is 0.507 e. The van der Waals surface area contributed by atoms with Crippen LogP contribution in [0.3, 0.4) is 0 Å². The molecule has 0 saturated carbocycles. The molecule has 3 aromatic rings. The summed E-state index contributed by atoms with van der Waals surface area (Å²) in [6, 6.07) is 20.1. The van der Waals surface area contributed by atoms with E-state index in [0.717, 1.165) is 0 Å². The van der Waals surface area contributed by atoms with Crippen molar-refractivity contribution in [1.29, 1.82) is 0 Å². The number of hydrogen-bond donors (Lipinski definition) is 2. The van der Waals surface area contributed by atoms with E-state index in [4.69, 9.17) is 9.84 Å². The number of methoxy groups -OCH3 is 1. The molecule has 0 aromatic heterocycles. The van der Waals surface area contributed by atoms with Crippen molar-refractivity contribution in [2.45, 2.75) is 6.04 Å². The molecule has 7 heteroatoms. The Morgan fingerprint density at radius 1 is 0.844 bits per heavy atom. The lowest BCUT2D eigenvalue weighted by atomic mass is 9.95. The Labute approximate surface area is 183 Å². The summed E-state index contributed by atoms with van der Waals surface area (Å²) in [7, 11) is 1.53. The number of amides is 1. The van der Waals surface area contributed by atoms with Gasteiger partial charge in [-0.2, -0.15) is 0 Å². The van der Waals surface area contributed by atoms with E-state index in [-0.39, 0.29) is 16.9 Å². The van der Waals surface area contributed by atoms with Gasteiger partial charge < -0.3 is 14.9 Å². The molecule has 1 aliphatic heterocycles. The summed E-state index contributed by atoms with van der Waals surface area (Å²) in [4.78, 5) is 38.6. The standard InChI is InChI=1S/C25H19NO6/c1-32-19-13-9-15(10-14-19)21-20(22(27)16-5-3-2-4-6-16)23(28)24(29)26(21)18-11-7-17(8-12-18)25(30)31/h2-14,21,27H,1H3,(H,30,31)/b22-20-. The Hall–Kier alpha value is -4.39. The number of carboxylic acids is 1. The van der Waals surface area contributed by atoms with Crippen molar-refractivity contribution in [3.63, 3.8) is 0 Å². The first-order valence-corrected chi connectivity index (χ1v) is 9.76. The fourth-order valence-electron chi connectivity index (χ4n) is 3.72. The first-order chi connectivity index (χ1) is 15.4. The molecule has 4 rings (SSSR count). The number of aliphatic hydroxyl groups excluding tert-OH is 1. The Morgan fingerprint density at radius 2 is 1.47 bits per heavy atom. The molecule has 1 unspecified atom stereocenters. The van der Waals surface area contributed by atoms with E-state index in [1.165, 1.54) is 36.3 Å². The van der Waals surface area contributed by atoms with Crippen molar-refractivity contribution in [1.82, 2.24) is 0 Å². The van der Waals surface area contributed by atoms with Crippen LogP contribution in [-0.4, -0.2) is 35.0 Å². The normalized spacial score (nSPS) is 17.4. The van der Waals surface area contributed by atoms with Gasteiger partial charge in [0.15, 0.2) is 0 Å². The quantitative estimate of drug-likeness (QED) is 0.361. The SMILES string of the molecule is COc1ccc(C2/C(=C(/O)c3ccccc3)C(=O)C(=O)N2c2ccc(C(=O)O)cc2)cc1. The van der Waals surface area contributed by atoms with Crippen molar-refractivity contribution < 1.29 is 29.3 Å². The van der Waals surface area contributed by atoms with E-state index < -0.39 is 23.7 Å². The fraction of sp³-hybridized carbons (Fsp3) is 0.0800. The predicted molar refractivity (Wildman–Crippen MR) is 118 cm³/mol. The van der Waals surface area contributed by atoms with Crippen molar-refractivity contribution in [2.24, 2.45) is 0 Å². The van der Waals surface area contributed by atoms with Gasteiger partial charge >= 0.3 is 5.97 Å². The van der Waals surface area contributed by atoms with Crippen LogP contribution in [0.15, 0.2) is 84.4 Å². The minimum absolute atomic E-state index is 0.0475. The average Bonchev–Trinajstić information content (AvgIpc) is 3.09. The molecule has 0 radical (unpaired) electrons. The number of carboxylic acid groups (broad SMARTS) is 1. The highest BCUT2D eigenvalue weighted by Gasteiger charge is 2.47. The van der Waals surface area contributed by atoms with Gasteiger partial charge in [0.2, 0.25) is 0 Å². The Morgan fingerprint density at radius 3 is 2.03 bits per heavy atom. The van der Waals surface area contributed by atoms with Crippen LogP contribution in [0, 0.1) is 0 Å². The monoisotopic (exact) mass is 429 g/mol. The van der Waals surface area contributed by atoms with E-state index >= 15 is 0 Å².